The summed E-state index contributed by atoms with van der Waals surface area (Å²) in [5.74, 6) is -1.24. The number of hydrogen-bond acceptors (Lipinski definition) is 5. The van der Waals surface area contributed by atoms with E-state index >= 15 is 0 Å². The zero-order valence-corrected chi connectivity index (χ0v) is 20.7. The van der Waals surface area contributed by atoms with Crippen molar-refractivity contribution in [2.45, 2.75) is 42.4 Å². The maximum Gasteiger partial charge on any atom is 0.189 e. The van der Waals surface area contributed by atoms with Crippen LogP contribution in [0.1, 0.15) is 42.6 Å². The van der Waals surface area contributed by atoms with E-state index in [1.807, 2.05) is 4.90 Å². The van der Waals surface area contributed by atoms with Gasteiger partial charge in [0.05, 0.1) is 27.5 Å². The molecule has 0 bridgehead atoms. The topological polar surface area (TPSA) is 70.5 Å². The van der Waals surface area contributed by atoms with Gasteiger partial charge >= 0.3 is 0 Å². The molecule has 2 heterocycles. The van der Waals surface area contributed by atoms with Gasteiger partial charge in [0.2, 0.25) is 0 Å². The highest BCUT2D eigenvalue weighted by Crippen LogP contribution is 2.42. The van der Waals surface area contributed by atoms with Crippen molar-refractivity contribution in [1.29, 1.82) is 0 Å². The van der Waals surface area contributed by atoms with Gasteiger partial charge in [-0.2, -0.15) is 0 Å². The van der Waals surface area contributed by atoms with Crippen molar-refractivity contribution in [3.8, 4) is 0 Å². The van der Waals surface area contributed by atoms with Gasteiger partial charge in [-0.1, -0.05) is 23.8 Å². The Morgan fingerprint density at radius 2 is 2.06 bits per heavy atom. The SMILES string of the molecule is CC1(Cl)C=CC(S(=O)(=O)C(c2cc(F)ccc2F)c2cc(N3CCC[C@H]3CO)ncc2Cl)=CC1. The summed E-state index contributed by atoms with van der Waals surface area (Å²) in [6.07, 6.45) is 7.57. The van der Waals surface area contributed by atoms with E-state index < -0.39 is 31.6 Å². The Hall–Kier alpha value is -2.00. The maximum atomic E-state index is 15.0. The van der Waals surface area contributed by atoms with Crippen LogP contribution in [0.3, 0.4) is 0 Å². The van der Waals surface area contributed by atoms with Crippen LogP contribution in [0.5, 0.6) is 0 Å². The second-order valence-electron chi connectivity index (χ2n) is 8.75. The van der Waals surface area contributed by atoms with Gasteiger partial charge in [-0.3, -0.25) is 0 Å². The second-order valence-corrected chi connectivity index (χ2v) is 12.1. The van der Waals surface area contributed by atoms with Gasteiger partial charge in [-0.15, -0.1) is 11.6 Å². The molecule has 1 fully saturated rings. The minimum Gasteiger partial charge on any atom is -0.394 e. The molecule has 0 saturated carbocycles. The summed E-state index contributed by atoms with van der Waals surface area (Å²) in [7, 11) is -4.27. The fraction of sp³-hybridized carbons (Fsp3) is 0.375. The van der Waals surface area contributed by atoms with E-state index in [0.717, 1.165) is 31.0 Å². The van der Waals surface area contributed by atoms with Crippen molar-refractivity contribution in [3.63, 3.8) is 0 Å². The van der Waals surface area contributed by atoms with Crippen molar-refractivity contribution in [2.75, 3.05) is 18.1 Å². The zero-order chi connectivity index (χ0) is 24.7. The molecule has 1 aliphatic heterocycles. The van der Waals surface area contributed by atoms with Gasteiger partial charge < -0.3 is 10.0 Å². The fourth-order valence-electron chi connectivity index (χ4n) is 4.38. The van der Waals surface area contributed by atoms with Gasteiger partial charge in [-0.25, -0.2) is 22.2 Å². The van der Waals surface area contributed by atoms with Crippen molar-refractivity contribution in [2.24, 2.45) is 0 Å². The highest BCUT2D eigenvalue weighted by molar-refractivity contribution is 7.95. The van der Waals surface area contributed by atoms with Crippen molar-refractivity contribution >= 4 is 38.9 Å². The molecule has 4 rings (SSSR count). The van der Waals surface area contributed by atoms with Crippen LogP contribution in [0.2, 0.25) is 5.02 Å². The van der Waals surface area contributed by atoms with Crippen LogP contribution in [0.4, 0.5) is 14.6 Å². The largest absolute Gasteiger partial charge is 0.394 e. The fourth-order valence-corrected chi connectivity index (χ4v) is 6.69. The third-order valence-electron chi connectivity index (χ3n) is 6.21. The lowest BCUT2D eigenvalue weighted by molar-refractivity contribution is 0.266. The molecule has 1 aromatic heterocycles. The third kappa shape index (κ3) is 4.87. The predicted molar refractivity (Wildman–Crippen MR) is 130 cm³/mol. The van der Waals surface area contributed by atoms with Crippen molar-refractivity contribution in [1.82, 2.24) is 4.98 Å². The average Bonchev–Trinajstić information content (AvgIpc) is 3.26. The molecule has 182 valence electrons. The number of sulfone groups is 1. The number of anilines is 1. The summed E-state index contributed by atoms with van der Waals surface area (Å²) in [5, 5.41) is 8.09. The Morgan fingerprint density at radius 1 is 1.29 bits per heavy atom. The highest BCUT2D eigenvalue weighted by Gasteiger charge is 2.38. The Kier molecular flexibility index (Phi) is 7.06. The molecule has 2 unspecified atom stereocenters. The lowest BCUT2D eigenvalue weighted by Crippen LogP contribution is -2.33. The van der Waals surface area contributed by atoms with E-state index in [0.29, 0.717) is 12.4 Å². The molecule has 2 aromatic rings. The summed E-state index contributed by atoms with van der Waals surface area (Å²) in [6, 6.07) is 4.01. The van der Waals surface area contributed by atoms with Gasteiger partial charge in [0, 0.05) is 18.3 Å². The second kappa shape index (κ2) is 9.57. The van der Waals surface area contributed by atoms with Gasteiger partial charge in [0.25, 0.3) is 0 Å². The molecule has 1 saturated heterocycles. The zero-order valence-electron chi connectivity index (χ0n) is 18.4. The van der Waals surface area contributed by atoms with E-state index in [4.69, 9.17) is 23.2 Å². The summed E-state index contributed by atoms with van der Waals surface area (Å²) < 4.78 is 56.9. The molecule has 0 spiro atoms. The van der Waals surface area contributed by atoms with E-state index in [1.54, 1.807) is 13.0 Å². The number of benzene rings is 1. The van der Waals surface area contributed by atoms with Crippen LogP contribution in [0, 0.1) is 11.6 Å². The highest BCUT2D eigenvalue weighted by atomic mass is 35.5. The van der Waals surface area contributed by atoms with E-state index in [1.165, 1.54) is 24.4 Å². The first kappa shape index (κ1) is 25.1. The molecular weight excluding hydrogens is 505 g/mol. The lowest BCUT2D eigenvalue weighted by Gasteiger charge is -2.27. The van der Waals surface area contributed by atoms with Crippen LogP contribution >= 0.6 is 23.2 Å². The standard InChI is InChI=1S/C24H24Cl2F2N2O3S/c1-24(26)8-6-17(7-9-24)34(32,33)23(19-11-15(27)4-5-21(19)28)18-12-22(29-13-20(18)25)30-10-2-3-16(30)14-31/h4-8,11-13,16,23,31H,2-3,9-10,14H2,1H3/t16-,23?,24?/m0/s1. The number of pyridine rings is 1. The molecule has 1 N–H and O–H groups in total. The number of alkyl halides is 1. The van der Waals surface area contributed by atoms with Crippen LogP contribution < -0.4 is 4.90 Å². The molecular formula is C24H24Cl2F2N2O3S. The molecule has 2 aliphatic rings. The normalized spacial score (nSPS) is 23.8. The summed E-state index contributed by atoms with van der Waals surface area (Å²) in [4.78, 5) is 5.39. The quantitative estimate of drug-likeness (QED) is 0.513. The minimum atomic E-state index is -4.27. The first-order valence-corrected chi connectivity index (χ1v) is 13.1. The van der Waals surface area contributed by atoms with Gasteiger partial charge in [-0.05, 0) is 62.1 Å². The average molecular weight is 529 g/mol. The number of aromatic nitrogens is 1. The molecule has 1 aliphatic carbocycles. The molecule has 0 amide bonds. The van der Waals surface area contributed by atoms with E-state index in [9.17, 15) is 22.3 Å². The number of aliphatic hydroxyl groups excluding tert-OH is 1. The van der Waals surface area contributed by atoms with Crippen LogP contribution in [-0.4, -0.2) is 42.6 Å². The van der Waals surface area contributed by atoms with Crippen molar-refractivity contribution < 1.29 is 22.3 Å². The Labute approximate surface area is 207 Å². The molecule has 5 nitrogen and oxygen atoms in total. The smallest absolute Gasteiger partial charge is 0.189 e. The van der Waals surface area contributed by atoms with Gasteiger partial charge in [0.15, 0.2) is 9.84 Å². The van der Waals surface area contributed by atoms with Crippen molar-refractivity contribution in [3.05, 3.63) is 81.4 Å². The molecule has 10 heteroatoms. The number of rotatable bonds is 6. The Bertz CT molecular complexity index is 1260. The predicted octanol–water partition coefficient (Wildman–Crippen LogP) is 5.32. The molecule has 1 aromatic carbocycles. The first-order valence-electron chi connectivity index (χ1n) is 10.8. The number of halogens is 4. The Morgan fingerprint density at radius 3 is 2.74 bits per heavy atom. The van der Waals surface area contributed by atoms with E-state index in [-0.39, 0.29) is 40.1 Å². The number of allylic oxidation sites excluding steroid dienone is 3. The minimum absolute atomic E-state index is 0.00306. The number of nitrogens with zero attached hydrogens (tertiary/aromatic N) is 2. The monoisotopic (exact) mass is 528 g/mol. The number of hydrogen-bond donors (Lipinski definition) is 1. The number of aliphatic hydroxyl groups is 1. The third-order valence-corrected chi connectivity index (χ3v) is 8.90. The maximum absolute atomic E-state index is 15.0. The summed E-state index contributed by atoms with van der Waals surface area (Å²) >= 11 is 12.7. The lowest BCUT2D eigenvalue weighted by atomic mass is 10.0. The first-order chi connectivity index (χ1) is 16.0. The Balaban J connectivity index is 1.90. The van der Waals surface area contributed by atoms with Crippen LogP contribution in [-0.2, 0) is 9.84 Å². The molecule has 34 heavy (non-hydrogen) atoms. The molecule has 3 atom stereocenters. The van der Waals surface area contributed by atoms with E-state index in [2.05, 4.69) is 4.98 Å². The van der Waals surface area contributed by atoms with Crippen LogP contribution in [0.25, 0.3) is 0 Å². The van der Waals surface area contributed by atoms with Crippen LogP contribution in [0.15, 0.2) is 53.6 Å². The van der Waals surface area contributed by atoms with Gasteiger partial charge in [0.1, 0.15) is 22.7 Å². The summed E-state index contributed by atoms with van der Waals surface area (Å²) in [5.41, 5.74) is -0.277. The summed E-state index contributed by atoms with van der Waals surface area (Å²) in [6.45, 7) is 2.27. The molecule has 0 radical (unpaired) electrons.